The summed E-state index contributed by atoms with van der Waals surface area (Å²) in [5.74, 6) is 0. The quantitative estimate of drug-likeness (QED) is 0.437. The van der Waals surface area contributed by atoms with Gasteiger partial charge in [-0.3, -0.25) is 4.99 Å². The predicted molar refractivity (Wildman–Crippen MR) is 33.6 cm³/mol. The van der Waals surface area contributed by atoms with E-state index in [0.29, 0.717) is 6.67 Å². The maximum atomic E-state index is 3.98. The van der Waals surface area contributed by atoms with Gasteiger partial charge >= 0.3 is 0 Å². The van der Waals surface area contributed by atoms with Crippen LogP contribution in [-0.2, 0) is 0 Å². The molecule has 1 aliphatic heterocycles. The minimum atomic E-state index is 0.662. The van der Waals surface area contributed by atoms with E-state index < -0.39 is 0 Å². The monoisotopic (exact) mass is 114 g/mol. The van der Waals surface area contributed by atoms with Crippen molar-refractivity contribution in [3.05, 3.63) is 12.3 Å². The van der Waals surface area contributed by atoms with E-state index in [2.05, 4.69) is 22.9 Å². The van der Waals surface area contributed by atoms with E-state index in [4.69, 9.17) is 0 Å². The summed E-state index contributed by atoms with van der Waals surface area (Å²) in [7, 11) is 0. The van der Waals surface area contributed by atoms with E-state index >= 15 is 0 Å². The van der Waals surface area contributed by atoms with Crippen LogP contribution >= 0.6 is 12.6 Å². The highest BCUT2D eigenvalue weighted by Crippen LogP contribution is 1.89. The van der Waals surface area contributed by atoms with Crippen LogP contribution in [0.5, 0.6) is 0 Å². The second-order valence-corrected chi connectivity index (χ2v) is 1.67. The molecule has 2 nitrogen and oxygen atoms in total. The Morgan fingerprint density at radius 1 is 1.86 bits per heavy atom. The Morgan fingerprint density at radius 3 is 3.00 bits per heavy atom. The Labute approximate surface area is 47.7 Å². The molecular weight excluding hydrogens is 108 g/mol. The topological polar surface area (TPSA) is 24.4 Å². The van der Waals surface area contributed by atoms with Crippen molar-refractivity contribution in [1.29, 1.82) is 0 Å². The molecule has 1 heterocycles. The molecular formula is C4H6N2S. The summed E-state index contributed by atoms with van der Waals surface area (Å²) in [5.41, 5.74) is 0. The van der Waals surface area contributed by atoms with Gasteiger partial charge in [-0.15, -0.1) is 12.6 Å². The molecule has 38 valence electrons. The third-order valence-corrected chi connectivity index (χ3v) is 0.973. The molecule has 1 N–H and O–H groups in total. The average molecular weight is 114 g/mol. The summed E-state index contributed by atoms with van der Waals surface area (Å²) in [6, 6.07) is 0. The van der Waals surface area contributed by atoms with E-state index in [0.717, 1.165) is 5.04 Å². The Kier molecular flexibility index (Phi) is 1.36. The highest BCUT2D eigenvalue weighted by Gasteiger charge is 1.86. The van der Waals surface area contributed by atoms with Crippen LogP contribution in [0.3, 0.4) is 0 Å². The van der Waals surface area contributed by atoms with Crippen LogP contribution in [0.4, 0.5) is 0 Å². The highest BCUT2D eigenvalue weighted by molar-refractivity contribution is 7.97. The van der Waals surface area contributed by atoms with Gasteiger partial charge in [0.1, 0.15) is 6.67 Å². The lowest BCUT2D eigenvalue weighted by molar-refractivity contribution is 0.878. The molecule has 7 heavy (non-hydrogen) atoms. The molecule has 0 aromatic carbocycles. The third-order valence-electron chi connectivity index (χ3n) is 0.683. The van der Waals surface area contributed by atoms with E-state index in [1.54, 1.807) is 0 Å². The Bertz CT molecular complexity index is 117. The number of thiol groups is 1. The Morgan fingerprint density at radius 2 is 2.71 bits per heavy atom. The molecule has 0 aromatic rings. The molecule has 0 fully saturated rings. The molecule has 0 saturated carbocycles. The fourth-order valence-corrected chi connectivity index (χ4v) is 0.511. The van der Waals surface area contributed by atoms with E-state index in [-0.39, 0.29) is 0 Å². The van der Waals surface area contributed by atoms with Crippen LogP contribution in [0.15, 0.2) is 17.3 Å². The summed E-state index contributed by atoms with van der Waals surface area (Å²) in [6.07, 6.45) is 3.64. The first-order valence-corrected chi connectivity index (χ1v) is 2.47. The minimum Gasteiger partial charge on any atom is -0.372 e. The van der Waals surface area contributed by atoms with Crippen molar-refractivity contribution in [3.63, 3.8) is 0 Å². The summed E-state index contributed by atoms with van der Waals surface area (Å²) in [4.78, 5) is 3.91. The maximum Gasteiger partial charge on any atom is 0.108 e. The van der Waals surface area contributed by atoms with Crippen molar-refractivity contribution in [1.82, 2.24) is 5.32 Å². The molecule has 0 atom stereocenters. The first kappa shape index (κ1) is 4.71. The highest BCUT2D eigenvalue weighted by atomic mass is 32.1. The number of hydrogen-bond acceptors (Lipinski definition) is 2. The lowest BCUT2D eigenvalue weighted by atomic mass is 10.6. The van der Waals surface area contributed by atoms with Gasteiger partial charge in [0.15, 0.2) is 0 Å². The van der Waals surface area contributed by atoms with Gasteiger partial charge in [-0.05, 0) is 6.08 Å². The van der Waals surface area contributed by atoms with Crippen LogP contribution in [0.1, 0.15) is 0 Å². The van der Waals surface area contributed by atoms with Crippen molar-refractivity contribution >= 4 is 17.7 Å². The van der Waals surface area contributed by atoms with Gasteiger partial charge in [0, 0.05) is 6.20 Å². The van der Waals surface area contributed by atoms with Crippen LogP contribution in [-0.4, -0.2) is 11.7 Å². The SMILES string of the molecule is SC1=NCNC=C1. The van der Waals surface area contributed by atoms with Crippen molar-refractivity contribution in [3.8, 4) is 0 Å². The van der Waals surface area contributed by atoms with Gasteiger partial charge in [0.25, 0.3) is 0 Å². The molecule has 0 saturated heterocycles. The normalized spacial score (nSPS) is 18.1. The second-order valence-electron chi connectivity index (χ2n) is 1.21. The Balaban J connectivity index is 2.58. The summed E-state index contributed by atoms with van der Waals surface area (Å²) in [5, 5.41) is 3.69. The van der Waals surface area contributed by atoms with E-state index in [1.807, 2.05) is 12.3 Å². The van der Waals surface area contributed by atoms with Gasteiger partial charge in [-0.25, -0.2) is 0 Å². The number of nitrogens with zero attached hydrogens (tertiary/aromatic N) is 1. The number of hydrogen-bond donors (Lipinski definition) is 2. The summed E-state index contributed by atoms with van der Waals surface area (Å²) < 4.78 is 0. The van der Waals surface area contributed by atoms with Crippen molar-refractivity contribution in [2.75, 3.05) is 6.67 Å². The van der Waals surface area contributed by atoms with Crippen LogP contribution in [0.2, 0.25) is 0 Å². The first-order chi connectivity index (χ1) is 3.39. The molecule has 1 aliphatic rings. The number of aliphatic imine (C=N–C) groups is 1. The molecule has 0 bridgehead atoms. The van der Waals surface area contributed by atoms with Crippen LogP contribution < -0.4 is 5.32 Å². The third kappa shape index (κ3) is 1.23. The molecule has 0 spiro atoms. The van der Waals surface area contributed by atoms with Gasteiger partial charge in [-0.2, -0.15) is 0 Å². The standard InChI is InChI=1S/C4H6N2S/c7-4-1-2-5-3-6-4/h1-2,5H,3H2,(H,6,7). The predicted octanol–water partition coefficient (Wildman–Crippen LogP) is 0.389. The summed E-state index contributed by atoms with van der Waals surface area (Å²) in [6.45, 7) is 0.662. The van der Waals surface area contributed by atoms with Crippen LogP contribution in [0.25, 0.3) is 0 Å². The van der Waals surface area contributed by atoms with Gasteiger partial charge in [0.2, 0.25) is 0 Å². The molecule has 0 aliphatic carbocycles. The molecule has 0 aromatic heterocycles. The fourth-order valence-electron chi connectivity index (χ4n) is 0.366. The van der Waals surface area contributed by atoms with Gasteiger partial charge < -0.3 is 5.32 Å². The fraction of sp³-hybridized carbons (Fsp3) is 0.250. The zero-order valence-corrected chi connectivity index (χ0v) is 4.65. The Hall–Kier alpha value is -0.440. The zero-order valence-electron chi connectivity index (χ0n) is 3.76. The minimum absolute atomic E-state index is 0.662. The van der Waals surface area contributed by atoms with Gasteiger partial charge in [0.05, 0.1) is 5.04 Å². The van der Waals surface area contributed by atoms with Crippen molar-refractivity contribution in [2.24, 2.45) is 4.99 Å². The zero-order chi connectivity index (χ0) is 5.11. The smallest absolute Gasteiger partial charge is 0.108 e. The van der Waals surface area contributed by atoms with Crippen molar-refractivity contribution < 1.29 is 0 Å². The first-order valence-electron chi connectivity index (χ1n) is 2.03. The van der Waals surface area contributed by atoms with Crippen LogP contribution in [0, 0.1) is 0 Å². The maximum absolute atomic E-state index is 3.98. The lowest BCUT2D eigenvalue weighted by Crippen LogP contribution is -2.09. The largest absolute Gasteiger partial charge is 0.372 e. The second kappa shape index (κ2) is 2.02. The lowest BCUT2D eigenvalue weighted by Gasteiger charge is -1.99. The van der Waals surface area contributed by atoms with E-state index in [9.17, 15) is 0 Å². The number of nitrogens with one attached hydrogen (secondary N) is 1. The molecule has 3 heteroatoms. The molecule has 0 radical (unpaired) electrons. The summed E-state index contributed by atoms with van der Waals surface area (Å²) >= 11 is 3.98. The molecule has 0 amide bonds. The number of rotatable bonds is 0. The average Bonchev–Trinajstić information content (AvgIpc) is 1.69. The van der Waals surface area contributed by atoms with Gasteiger partial charge in [-0.1, -0.05) is 0 Å². The molecule has 1 rings (SSSR count). The van der Waals surface area contributed by atoms with Crippen molar-refractivity contribution in [2.45, 2.75) is 0 Å². The van der Waals surface area contributed by atoms with E-state index in [1.165, 1.54) is 0 Å². The molecule has 0 unspecified atom stereocenters.